The van der Waals surface area contributed by atoms with Crippen molar-refractivity contribution in [2.45, 2.75) is 6.54 Å². The molecule has 1 saturated heterocycles. The number of anilines is 1. The highest BCUT2D eigenvalue weighted by atomic mass is 35.5. The zero-order valence-electron chi connectivity index (χ0n) is 17.4. The van der Waals surface area contributed by atoms with Crippen molar-refractivity contribution in [1.82, 2.24) is 4.90 Å². The molecule has 8 heteroatoms. The third-order valence-electron chi connectivity index (χ3n) is 4.73. The molecule has 4 rings (SSSR count). The van der Waals surface area contributed by atoms with Gasteiger partial charge >= 0.3 is 0 Å². The molecule has 0 aliphatic carbocycles. The summed E-state index contributed by atoms with van der Waals surface area (Å²) in [7, 11) is 0. The van der Waals surface area contributed by atoms with E-state index in [1.165, 1.54) is 11.8 Å². The molecular formula is C25H19ClN2O3S2. The van der Waals surface area contributed by atoms with Gasteiger partial charge in [-0.15, -0.1) is 0 Å². The second-order valence-corrected chi connectivity index (χ2v) is 9.28. The topological polar surface area (TPSA) is 58.6 Å². The highest BCUT2D eigenvalue weighted by molar-refractivity contribution is 8.26. The van der Waals surface area contributed by atoms with E-state index < -0.39 is 0 Å². The summed E-state index contributed by atoms with van der Waals surface area (Å²) in [4.78, 5) is 27.1. The van der Waals surface area contributed by atoms with E-state index in [2.05, 4.69) is 5.32 Å². The van der Waals surface area contributed by atoms with Crippen molar-refractivity contribution >= 4 is 63.5 Å². The number of carbonyl (C=O) groups is 2. The molecule has 1 aliphatic heterocycles. The van der Waals surface area contributed by atoms with E-state index in [9.17, 15) is 9.59 Å². The summed E-state index contributed by atoms with van der Waals surface area (Å²) in [6.45, 7) is 0.327. The maximum atomic E-state index is 12.8. The van der Waals surface area contributed by atoms with Crippen LogP contribution in [0.15, 0.2) is 83.8 Å². The molecule has 5 nitrogen and oxygen atoms in total. The minimum atomic E-state index is -0.275. The van der Waals surface area contributed by atoms with Gasteiger partial charge in [-0.2, -0.15) is 0 Å². The Labute approximate surface area is 206 Å². The number of ether oxygens (including phenoxy) is 1. The molecule has 0 radical (unpaired) electrons. The summed E-state index contributed by atoms with van der Waals surface area (Å²) in [5.41, 5.74) is 2.51. The van der Waals surface area contributed by atoms with Gasteiger partial charge in [-0.1, -0.05) is 78.0 Å². The highest BCUT2D eigenvalue weighted by Crippen LogP contribution is 2.33. The van der Waals surface area contributed by atoms with Crippen molar-refractivity contribution in [2.24, 2.45) is 0 Å². The Kier molecular flexibility index (Phi) is 7.44. The lowest BCUT2D eigenvalue weighted by Crippen LogP contribution is -2.27. The molecule has 3 aromatic rings. The Morgan fingerprint density at radius 1 is 1.03 bits per heavy atom. The Morgan fingerprint density at radius 3 is 2.42 bits per heavy atom. The second-order valence-electron chi connectivity index (χ2n) is 7.17. The summed E-state index contributed by atoms with van der Waals surface area (Å²) in [5, 5.41) is 3.34. The van der Waals surface area contributed by atoms with Gasteiger partial charge in [0.25, 0.3) is 11.8 Å². The average Bonchev–Trinajstić information content (AvgIpc) is 3.08. The SMILES string of the molecule is O=C(COc1ccc(/C=C2\SC(=S)N(Cc3ccccc3)C2=O)cc1)Nc1ccc(Cl)cc1. The molecule has 2 amide bonds. The summed E-state index contributed by atoms with van der Waals surface area (Å²) in [6, 6.07) is 23.8. The summed E-state index contributed by atoms with van der Waals surface area (Å²) < 4.78 is 6.09. The number of rotatable bonds is 7. The number of thioether (sulfide) groups is 1. The minimum absolute atomic E-state index is 0.104. The lowest BCUT2D eigenvalue weighted by Gasteiger charge is -2.14. The fraction of sp³-hybridized carbons (Fsp3) is 0.0800. The van der Waals surface area contributed by atoms with Crippen LogP contribution in [0.5, 0.6) is 5.75 Å². The van der Waals surface area contributed by atoms with Gasteiger partial charge in [0.05, 0.1) is 11.4 Å². The Morgan fingerprint density at radius 2 is 1.73 bits per heavy atom. The number of benzene rings is 3. The lowest BCUT2D eigenvalue weighted by atomic mass is 10.2. The molecule has 0 spiro atoms. The molecule has 0 atom stereocenters. The largest absolute Gasteiger partial charge is 0.484 e. The van der Waals surface area contributed by atoms with E-state index in [4.69, 9.17) is 28.6 Å². The molecule has 1 aliphatic rings. The molecule has 1 N–H and O–H groups in total. The van der Waals surface area contributed by atoms with Gasteiger partial charge in [-0.25, -0.2) is 0 Å². The predicted octanol–water partition coefficient (Wildman–Crippen LogP) is 5.76. The van der Waals surface area contributed by atoms with Crippen molar-refractivity contribution in [3.8, 4) is 5.75 Å². The maximum Gasteiger partial charge on any atom is 0.266 e. The zero-order chi connectivity index (χ0) is 23.2. The average molecular weight is 495 g/mol. The van der Waals surface area contributed by atoms with Gasteiger partial charge < -0.3 is 10.1 Å². The van der Waals surface area contributed by atoms with Crippen LogP contribution in [0.4, 0.5) is 5.69 Å². The third kappa shape index (κ3) is 6.22. The van der Waals surface area contributed by atoms with Gasteiger partial charge in [-0.3, -0.25) is 14.5 Å². The van der Waals surface area contributed by atoms with Crippen molar-refractivity contribution in [3.05, 3.63) is 99.9 Å². The number of nitrogens with one attached hydrogen (secondary N) is 1. The number of hydrogen-bond donors (Lipinski definition) is 1. The number of amides is 2. The molecule has 33 heavy (non-hydrogen) atoms. The zero-order valence-corrected chi connectivity index (χ0v) is 19.8. The molecule has 3 aromatic carbocycles. The van der Waals surface area contributed by atoms with Gasteiger partial charge in [0, 0.05) is 10.7 Å². The molecule has 0 unspecified atom stereocenters. The van der Waals surface area contributed by atoms with Crippen LogP contribution < -0.4 is 10.1 Å². The van der Waals surface area contributed by atoms with Crippen LogP contribution in [-0.4, -0.2) is 27.6 Å². The predicted molar refractivity (Wildman–Crippen MR) is 137 cm³/mol. The lowest BCUT2D eigenvalue weighted by molar-refractivity contribution is -0.122. The molecule has 1 fully saturated rings. The molecule has 0 saturated carbocycles. The van der Waals surface area contributed by atoms with Crippen LogP contribution in [0.3, 0.4) is 0 Å². The van der Waals surface area contributed by atoms with Crippen molar-refractivity contribution < 1.29 is 14.3 Å². The van der Waals surface area contributed by atoms with Crippen molar-refractivity contribution in [1.29, 1.82) is 0 Å². The molecule has 0 bridgehead atoms. The van der Waals surface area contributed by atoms with E-state index >= 15 is 0 Å². The Hall–Kier alpha value is -3.13. The van der Waals surface area contributed by atoms with E-state index in [0.29, 0.717) is 32.2 Å². The van der Waals surface area contributed by atoms with E-state index in [0.717, 1.165) is 11.1 Å². The van der Waals surface area contributed by atoms with Crippen LogP contribution >= 0.6 is 35.6 Å². The van der Waals surface area contributed by atoms with Crippen LogP contribution in [0.1, 0.15) is 11.1 Å². The number of carbonyl (C=O) groups excluding carboxylic acids is 2. The standard InChI is InChI=1S/C25H19ClN2O3S2/c26-19-8-10-20(11-9-19)27-23(29)16-31-21-12-6-17(7-13-21)14-22-24(30)28(25(32)33-22)15-18-4-2-1-3-5-18/h1-14H,15-16H2,(H,27,29)/b22-14-. The fourth-order valence-electron chi connectivity index (χ4n) is 3.09. The van der Waals surface area contributed by atoms with Gasteiger partial charge in [0.15, 0.2) is 6.61 Å². The van der Waals surface area contributed by atoms with E-state index in [1.807, 2.05) is 42.5 Å². The van der Waals surface area contributed by atoms with Gasteiger partial charge in [0.2, 0.25) is 0 Å². The first-order valence-corrected chi connectivity index (χ1v) is 11.7. The fourth-order valence-corrected chi connectivity index (χ4v) is 4.47. The number of nitrogens with zero attached hydrogens (tertiary/aromatic N) is 1. The summed E-state index contributed by atoms with van der Waals surface area (Å²) >= 11 is 12.5. The highest BCUT2D eigenvalue weighted by Gasteiger charge is 2.31. The van der Waals surface area contributed by atoms with E-state index in [-0.39, 0.29) is 18.4 Å². The number of hydrogen-bond acceptors (Lipinski definition) is 5. The maximum absolute atomic E-state index is 12.8. The van der Waals surface area contributed by atoms with Gasteiger partial charge in [-0.05, 0) is 53.6 Å². The Bertz CT molecular complexity index is 1200. The second kappa shape index (κ2) is 10.7. The first-order chi connectivity index (χ1) is 16.0. The Balaban J connectivity index is 1.33. The van der Waals surface area contributed by atoms with E-state index in [1.54, 1.807) is 47.4 Å². The van der Waals surface area contributed by atoms with Crippen LogP contribution in [0, 0.1) is 0 Å². The first-order valence-electron chi connectivity index (χ1n) is 10.1. The first kappa shape index (κ1) is 23.0. The smallest absolute Gasteiger partial charge is 0.266 e. The molecule has 1 heterocycles. The quantitative estimate of drug-likeness (QED) is 0.334. The summed E-state index contributed by atoms with van der Waals surface area (Å²) in [5.74, 6) is 0.173. The molecule has 166 valence electrons. The monoisotopic (exact) mass is 494 g/mol. The van der Waals surface area contributed by atoms with Crippen LogP contribution in [0.25, 0.3) is 6.08 Å². The molecular weight excluding hydrogens is 476 g/mol. The summed E-state index contributed by atoms with van der Waals surface area (Å²) in [6.07, 6.45) is 1.81. The minimum Gasteiger partial charge on any atom is -0.484 e. The van der Waals surface area contributed by atoms with Crippen LogP contribution in [-0.2, 0) is 16.1 Å². The normalized spacial score (nSPS) is 14.6. The third-order valence-corrected chi connectivity index (χ3v) is 6.36. The van der Waals surface area contributed by atoms with Gasteiger partial charge in [0.1, 0.15) is 10.1 Å². The molecule has 0 aromatic heterocycles. The van der Waals surface area contributed by atoms with Crippen LogP contribution in [0.2, 0.25) is 5.02 Å². The van der Waals surface area contributed by atoms with Crippen molar-refractivity contribution in [3.63, 3.8) is 0 Å². The number of thiocarbonyl (C=S) groups is 1. The number of halogens is 1. The van der Waals surface area contributed by atoms with Crippen molar-refractivity contribution in [2.75, 3.05) is 11.9 Å².